The van der Waals surface area contributed by atoms with E-state index in [4.69, 9.17) is 9.47 Å². The number of carbonyl (C=O) groups is 2. The molecule has 0 saturated heterocycles. The summed E-state index contributed by atoms with van der Waals surface area (Å²) in [5.74, 6) is -0.0401. The van der Waals surface area contributed by atoms with E-state index in [9.17, 15) is 9.59 Å². The van der Waals surface area contributed by atoms with Gasteiger partial charge in [0.05, 0.1) is 12.2 Å². The Morgan fingerprint density at radius 1 is 1.09 bits per heavy atom. The van der Waals surface area contributed by atoms with E-state index in [0.717, 1.165) is 3.57 Å². The first-order valence-electron chi connectivity index (χ1n) is 7.25. The summed E-state index contributed by atoms with van der Waals surface area (Å²) in [7, 11) is 0. The van der Waals surface area contributed by atoms with Crippen LogP contribution in [0, 0.1) is 3.57 Å². The topological polar surface area (TPSA) is 52.6 Å². The fourth-order valence-corrected chi connectivity index (χ4v) is 2.63. The van der Waals surface area contributed by atoms with Crippen LogP contribution in [0.15, 0.2) is 48.5 Å². The SMILES string of the molecule is CCOc1ccc(C(=O)C(C)OC(=O)c2ccccc2I)cc1. The lowest BCUT2D eigenvalue weighted by molar-refractivity contribution is 0.0317. The van der Waals surface area contributed by atoms with Gasteiger partial charge in [-0.15, -0.1) is 0 Å². The van der Waals surface area contributed by atoms with E-state index in [1.165, 1.54) is 0 Å². The van der Waals surface area contributed by atoms with E-state index < -0.39 is 12.1 Å². The third kappa shape index (κ3) is 4.54. The van der Waals surface area contributed by atoms with E-state index in [1.807, 2.05) is 19.1 Å². The quantitative estimate of drug-likeness (QED) is 0.398. The Morgan fingerprint density at radius 3 is 2.35 bits per heavy atom. The maximum atomic E-state index is 12.3. The number of esters is 1. The van der Waals surface area contributed by atoms with Gasteiger partial charge in [0.1, 0.15) is 5.75 Å². The van der Waals surface area contributed by atoms with Gasteiger partial charge < -0.3 is 9.47 Å². The van der Waals surface area contributed by atoms with Crippen molar-refractivity contribution in [3.8, 4) is 5.75 Å². The second-order valence-electron chi connectivity index (χ2n) is 4.85. The predicted octanol–water partition coefficient (Wildman–Crippen LogP) is 4.12. The van der Waals surface area contributed by atoms with Crippen molar-refractivity contribution >= 4 is 34.3 Å². The fourth-order valence-electron chi connectivity index (χ4n) is 2.02. The number of halogens is 1. The molecule has 0 bridgehead atoms. The fraction of sp³-hybridized carbons (Fsp3) is 0.222. The summed E-state index contributed by atoms with van der Waals surface area (Å²) in [6, 6.07) is 13.9. The van der Waals surface area contributed by atoms with Gasteiger partial charge >= 0.3 is 5.97 Å². The van der Waals surface area contributed by atoms with Crippen molar-refractivity contribution in [3.63, 3.8) is 0 Å². The molecule has 0 spiro atoms. The normalized spacial score (nSPS) is 11.6. The van der Waals surface area contributed by atoms with Gasteiger partial charge in [-0.25, -0.2) is 4.79 Å². The van der Waals surface area contributed by atoms with Crippen molar-refractivity contribution in [2.45, 2.75) is 20.0 Å². The Morgan fingerprint density at radius 2 is 1.74 bits per heavy atom. The third-order valence-corrected chi connectivity index (χ3v) is 4.14. The molecule has 0 aliphatic carbocycles. The summed E-state index contributed by atoms with van der Waals surface area (Å²) in [5, 5.41) is 0. The molecule has 5 heteroatoms. The maximum absolute atomic E-state index is 12.3. The van der Waals surface area contributed by atoms with Gasteiger partial charge in [-0.2, -0.15) is 0 Å². The molecule has 0 aromatic heterocycles. The van der Waals surface area contributed by atoms with Gasteiger partial charge in [0, 0.05) is 9.13 Å². The minimum Gasteiger partial charge on any atom is -0.494 e. The molecule has 1 unspecified atom stereocenters. The number of carbonyl (C=O) groups excluding carboxylic acids is 2. The van der Waals surface area contributed by atoms with Crippen LogP contribution in [0.4, 0.5) is 0 Å². The van der Waals surface area contributed by atoms with Crippen LogP contribution in [-0.4, -0.2) is 24.5 Å². The zero-order valence-corrected chi connectivity index (χ0v) is 15.1. The minimum atomic E-state index is -0.851. The number of hydrogen-bond acceptors (Lipinski definition) is 4. The molecule has 0 aliphatic heterocycles. The number of Topliss-reactive ketones (excluding diaryl/α,β-unsaturated/α-hetero) is 1. The molecule has 0 saturated carbocycles. The average Bonchev–Trinajstić information content (AvgIpc) is 2.55. The van der Waals surface area contributed by atoms with Gasteiger partial charge in [-0.1, -0.05) is 12.1 Å². The van der Waals surface area contributed by atoms with Crippen molar-refractivity contribution in [1.82, 2.24) is 0 Å². The highest BCUT2D eigenvalue weighted by molar-refractivity contribution is 14.1. The third-order valence-electron chi connectivity index (χ3n) is 3.20. The molecular weight excluding hydrogens is 407 g/mol. The van der Waals surface area contributed by atoms with Crippen LogP contribution in [0.3, 0.4) is 0 Å². The lowest BCUT2D eigenvalue weighted by Crippen LogP contribution is -2.24. The number of hydrogen-bond donors (Lipinski definition) is 0. The van der Waals surface area contributed by atoms with E-state index in [-0.39, 0.29) is 5.78 Å². The van der Waals surface area contributed by atoms with Gasteiger partial charge in [0.25, 0.3) is 0 Å². The zero-order valence-electron chi connectivity index (χ0n) is 12.9. The molecule has 120 valence electrons. The first kappa shape index (κ1) is 17.5. The molecule has 0 heterocycles. The molecule has 0 amide bonds. The molecule has 0 N–H and O–H groups in total. The molecule has 0 fully saturated rings. The standard InChI is InChI=1S/C18H17IO4/c1-3-22-14-10-8-13(9-11-14)17(20)12(2)23-18(21)15-6-4-5-7-16(15)19/h4-12H,3H2,1-2H3. The number of rotatable bonds is 6. The molecule has 1 atom stereocenters. The van der Waals surface area contributed by atoms with Gasteiger partial charge in [0.2, 0.25) is 5.78 Å². The van der Waals surface area contributed by atoms with E-state index in [1.54, 1.807) is 43.3 Å². The second kappa shape index (κ2) is 8.10. The molecule has 2 aromatic rings. The van der Waals surface area contributed by atoms with Crippen LogP contribution in [0.1, 0.15) is 34.6 Å². The molecule has 23 heavy (non-hydrogen) atoms. The van der Waals surface area contributed by atoms with Crippen LogP contribution in [0.2, 0.25) is 0 Å². The Kier molecular flexibility index (Phi) is 6.15. The summed E-state index contributed by atoms with van der Waals surface area (Å²) >= 11 is 2.06. The zero-order chi connectivity index (χ0) is 16.8. The predicted molar refractivity (Wildman–Crippen MR) is 96.0 cm³/mol. The second-order valence-corrected chi connectivity index (χ2v) is 6.01. The Bertz CT molecular complexity index is 694. The minimum absolute atomic E-state index is 0.243. The Balaban J connectivity index is 2.05. The lowest BCUT2D eigenvalue weighted by Gasteiger charge is -2.13. The van der Waals surface area contributed by atoms with Crippen LogP contribution in [0.25, 0.3) is 0 Å². The molecule has 0 radical (unpaired) electrons. The van der Waals surface area contributed by atoms with Crippen molar-refractivity contribution < 1.29 is 19.1 Å². The maximum Gasteiger partial charge on any atom is 0.339 e. The van der Waals surface area contributed by atoms with Crippen molar-refractivity contribution in [2.75, 3.05) is 6.61 Å². The Hall–Kier alpha value is -1.89. The van der Waals surface area contributed by atoms with Crippen LogP contribution < -0.4 is 4.74 Å². The summed E-state index contributed by atoms with van der Waals surface area (Å²) < 4.78 is 11.4. The van der Waals surface area contributed by atoms with Crippen LogP contribution >= 0.6 is 22.6 Å². The summed E-state index contributed by atoms with van der Waals surface area (Å²) in [6.07, 6.45) is -0.851. The monoisotopic (exact) mass is 424 g/mol. The van der Waals surface area contributed by atoms with Crippen molar-refractivity contribution in [1.29, 1.82) is 0 Å². The smallest absolute Gasteiger partial charge is 0.339 e. The highest BCUT2D eigenvalue weighted by Crippen LogP contribution is 2.17. The van der Waals surface area contributed by atoms with Gasteiger partial charge in [0.15, 0.2) is 6.10 Å². The van der Waals surface area contributed by atoms with Crippen molar-refractivity contribution in [3.05, 3.63) is 63.2 Å². The largest absolute Gasteiger partial charge is 0.494 e. The summed E-state index contributed by atoms with van der Waals surface area (Å²) in [6.45, 7) is 4.04. The highest BCUT2D eigenvalue weighted by atomic mass is 127. The molecular formula is C18H17IO4. The average molecular weight is 424 g/mol. The lowest BCUT2D eigenvalue weighted by atomic mass is 10.1. The van der Waals surface area contributed by atoms with E-state index in [0.29, 0.717) is 23.5 Å². The molecule has 0 aliphatic rings. The summed E-state index contributed by atoms with van der Waals surface area (Å²) in [5.41, 5.74) is 0.941. The number of ether oxygens (including phenoxy) is 2. The first-order valence-corrected chi connectivity index (χ1v) is 8.33. The first-order chi connectivity index (χ1) is 11.0. The molecule has 2 rings (SSSR count). The van der Waals surface area contributed by atoms with Crippen molar-refractivity contribution in [2.24, 2.45) is 0 Å². The Labute approximate surface area is 148 Å². The molecule has 4 nitrogen and oxygen atoms in total. The summed E-state index contributed by atoms with van der Waals surface area (Å²) in [4.78, 5) is 24.5. The highest BCUT2D eigenvalue weighted by Gasteiger charge is 2.21. The van der Waals surface area contributed by atoms with Crippen LogP contribution in [-0.2, 0) is 4.74 Å². The van der Waals surface area contributed by atoms with Gasteiger partial charge in [-0.05, 0) is 72.8 Å². The number of benzene rings is 2. The van der Waals surface area contributed by atoms with Crippen LogP contribution in [0.5, 0.6) is 5.75 Å². The van der Waals surface area contributed by atoms with E-state index >= 15 is 0 Å². The molecule has 2 aromatic carbocycles. The van der Waals surface area contributed by atoms with E-state index in [2.05, 4.69) is 22.6 Å². The van der Waals surface area contributed by atoms with Gasteiger partial charge in [-0.3, -0.25) is 4.79 Å². The number of ketones is 1.